The molecule has 2 N–H and O–H groups in total. The summed E-state index contributed by atoms with van der Waals surface area (Å²) in [6.07, 6.45) is 0.474. The van der Waals surface area contributed by atoms with E-state index in [1.807, 2.05) is 18.4 Å². The van der Waals surface area contributed by atoms with Crippen molar-refractivity contribution >= 4 is 17.2 Å². The molecule has 2 heterocycles. The average molecular weight is 303 g/mol. The predicted molar refractivity (Wildman–Crippen MR) is 82.0 cm³/mol. The summed E-state index contributed by atoms with van der Waals surface area (Å²) in [4.78, 5) is 13.1. The highest BCUT2D eigenvalue weighted by molar-refractivity contribution is 7.10. The zero-order chi connectivity index (χ0) is 15.2. The van der Waals surface area contributed by atoms with E-state index >= 15 is 0 Å². The second kappa shape index (κ2) is 7.07. The Balaban J connectivity index is 1.93. The van der Waals surface area contributed by atoms with Crippen LogP contribution in [0.4, 0.5) is 0 Å². The number of aliphatic hydroxyl groups is 1. The van der Waals surface area contributed by atoms with E-state index in [2.05, 4.69) is 22.3 Å². The summed E-state index contributed by atoms with van der Waals surface area (Å²) in [5.41, 5.74) is 2.28. The fourth-order valence-corrected chi connectivity index (χ4v) is 2.60. The van der Waals surface area contributed by atoms with Gasteiger partial charge in [-0.2, -0.15) is 5.10 Å². The van der Waals surface area contributed by atoms with Crippen molar-refractivity contribution in [1.82, 2.24) is 15.1 Å². The maximum atomic E-state index is 12.0. The Hall–Kier alpha value is -2.10. The van der Waals surface area contributed by atoms with Crippen LogP contribution in [-0.4, -0.2) is 27.4 Å². The predicted octanol–water partition coefficient (Wildman–Crippen LogP) is 1.45. The molecule has 0 atom stereocenters. The van der Waals surface area contributed by atoms with Crippen LogP contribution >= 0.6 is 11.3 Å². The topological polar surface area (TPSA) is 67.2 Å². The van der Waals surface area contributed by atoms with Crippen molar-refractivity contribution in [3.8, 4) is 11.8 Å². The molecule has 0 aliphatic rings. The number of aliphatic hydroxyl groups excluding tert-OH is 1. The molecule has 0 aliphatic heterocycles. The third-order valence-corrected chi connectivity index (χ3v) is 3.72. The molecule has 0 radical (unpaired) electrons. The number of nitrogens with zero attached hydrogens (tertiary/aromatic N) is 2. The lowest BCUT2D eigenvalue weighted by Crippen LogP contribution is -2.24. The first-order valence-electron chi connectivity index (χ1n) is 6.56. The molecule has 0 aromatic carbocycles. The number of aryl methyl sites for hydroxylation is 2. The summed E-state index contributed by atoms with van der Waals surface area (Å²) in [5, 5.41) is 17.6. The minimum atomic E-state index is -0.139. The molecule has 2 rings (SSSR count). The van der Waals surface area contributed by atoms with Gasteiger partial charge < -0.3 is 10.4 Å². The van der Waals surface area contributed by atoms with Gasteiger partial charge in [-0.15, -0.1) is 11.3 Å². The van der Waals surface area contributed by atoms with Crippen LogP contribution < -0.4 is 5.32 Å². The highest BCUT2D eigenvalue weighted by atomic mass is 32.1. The van der Waals surface area contributed by atoms with Gasteiger partial charge in [0.1, 0.15) is 5.69 Å². The monoisotopic (exact) mass is 303 g/mol. The standard InChI is InChI=1S/C15H17N3O2S/c1-11-7-14(18(2)17-11)15(20)16-9-13-8-12(10-21-13)5-3-4-6-19/h7-8,10,19H,4,6,9H2,1-2H3,(H,16,20). The van der Waals surface area contributed by atoms with E-state index < -0.39 is 0 Å². The van der Waals surface area contributed by atoms with Gasteiger partial charge in [-0.1, -0.05) is 11.8 Å². The molecule has 0 unspecified atom stereocenters. The molecule has 5 nitrogen and oxygen atoms in total. The first kappa shape index (κ1) is 15.3. The van der Waals surface area contributed by atoms with Gasteiger partial charge in [0, 0.05) is 29.3 Å². The minimum absolute atomic E-state index is 0.0736. The summed E-state index contributed by atoms with van der Waals surface area (Å²) >= 11 is 1.55. The summed E-state index contributed by atoms with van der Waals surface area (Å²) in [7, 11) is 1.75. The normalized spacial score (nSPS) is 10.0. The van der Waals surface area contributed by atoms with Crippen LogP contribution in [-0.2, 0) is 13.6 Å². The molecule has 110 valence electrons. The second-order valence-corrected chi connectivity index (χ2v) is 5.55. The van der Waals surface area contributed by atoms with E-state index in [9.17, 15) is 4.79 Å². The van der Waals surface area contributed by atoms with E-state index in [1.165, 1.54) is 0 Å². The second-order valence-electron chi connectivity index (χ2n) is 4.55. The van der Waals surface area contributed by atoms with Gasteiger partial charge in [0.15, 0.2) is 0 Å². The number of thiophene rings is 1. The maximum absolute atomic E-state index is 12.0. The molecule has 1 amide bonds. The van der Waals surface area contributed by atoms with Crippen LogP contribution in [0.15, 0.2) is 17.5 Å². The highest BCUT2D eigenvalue weighted by Crippen LogP contribution is 2.14. The first-order chi connectivity index (χ1) is 10.1. The van der Waals surface area contributed by atoms with Gasteiger partial charge in [-0.3, -0.25) is 9.48 Å². The summed E-state index contributed by atoms with van der Waals surface area (Å²) in [5.74, 6) is 5.71. The van der Waals surface area contributed by atoms with Crippen LogP contribution in [0, 0.1) is 18.8 Å². The highest BCUT2D eigenvalue weighted by Gasteiger charge is 2.11. The Bertz CT molecular complexity index is 691. The molecule has 2 aromatic heterocycles. The molecule has 0 aliphatic carbocycles. The third-order valence-electron chi connectivity index (χ3n) is 2.78. The number of hydrogen-bond acceptors (Lipinski definition) is 4. The zero-order valence-electron chi connectivity index (χ0n) is 12.0. The van der Waals surface area contributed by atoms with E-state index in [4.69, 9.17) is 5.11 Å². The molecule has 0 bridgehead atoms. The van der Waals surface area contributed by atoms with Crippen molar-refractivity contribution in [3.05, 3.63) is 39.3 Å². The minimum Gasteiger partial charge on any atom is -0.395 e. The molecule has 6 heteroatoms. The lowest BCUT2D eigenvalue weighted by atomic mass is 10.3. The number of carbonyl (C=O) groups is 1. The molecule has 0 spiro atoms. The number of rotatable bonds is 4. The Kier molecular flexibility index (Phi) is 5.14. The van der Waals surface area contributed by atoms with Crippen molar-refractivity contribution in [1.29, 1.82) is 0 Å². The van der Waals surface area contributed by atoms with Gasteiger partial charge in [-0.25, -0.2) is 0 Å². The lowest BCUT2D eigenvalue weighted by molar-refractivity contribution is 0.0942. The molecule has 21 heavy (non-hydrogen) atoms. The van der Waals surface area contributed by atoms with Crippen molar-refractivity contribution < 1.29 is 9.90 Å². The van der Waals surface area contributed by atoms with E-state index in [0.717, 1.165) is 16.1 Å². The van der Waals surface area contributed by atoms with E-state index in [1.54, 1.807) is 29.1 Å². The number of hydrogen-bond donors (Lipinski definition) is 2. The molecule has 0 saturated carbocycles. The molecule has 0 saturated heterocycles. The Morgan fingerprint density at radius 3 is 3.00 bits per heavy atom. The molecule has 0 fully saturated rings. The number of nitrogens with one attached hydrogen (secondary N) is 1. The van der Waals surface area contributed by atoms with Crippen LogP contribution in [0.1, 0.15) is 33.0 Å². The Labute approximate surface area is 127 Å². The summed E-state index contributed by atoms with van der Waals surface area (Å²) in [6.45, 7) is 2.40. The van der Waals surface area contributed by atoms with Crippen molar-refractivity contribution in [3.63, 3.8) is 0 Å². The van der Waals surface area contributed by atoms with Gasteiger partial charge in [0.05, 0.1) is 18.8 Å². The zero-order valence-corrected chi connectivity index (χ0v) is 12.8. The smallest absolute Gasteiger partial charge is 0.269 e. The van der Waals surface area contributed by atoms with Crippen molar-refractivity contribution in [2.24, 2.45) is 7.05 Å². The fraction of sp³-hybridized carbons (Fsp3) is 0.333. The number of aromatic nitrogens is 2. The third kappa shape index (κ3) is 4.18. The fourth-order valence-electron chi connectivity index (χ4n) is 1.84. The van der Waals surface area contributed by atoms with Crippen LogP contribution in [0.25, 0.3) is 0 Å². The number of amides is 1. The number of carbonyl (C=O) groups excluding carboxylic acids is 1. The summed E-state index contributed by atoms with van der Waals surface area (Å²) < 4.78 is 1.57. The van der Waals surface area contributed by atoms with Gasteiger partial charge in [-0.05, 0) is 19.1 Å². The maximum Gasteiger partial charge on any atom is 0.269 e. The van der Waals surface area contributed by atoms with Crippen molar-refractivity contribution in [2.45, 2.75) is 19.9 Å². The van der Waals surface area contributed by atoms with E-state index in [0.29, 0.717) is 18.7 Å². The Morgan fingerprint density at radius 2 is 2.33 bits per heavy atom. The first-order valence-corrected chi connectivity index (χ1v) is 7.44. The SMILES string of the molecule is Cc1cc(C(=O)NCc2cc(C#CCCO)cs2)n(C)n1. The summed E-state index contributed by atoms with van der Waals surface area (Å²) in [6, 6.07) is 3.71. The van der Waals surface area contributed by atoms with E-state index in [-0.39, 0.29) is 12.5 Å². The van der Waals surface area contributed by atoms with Crippen LogP contribution in [0.3, 0.4) is 0 Å². The Morgan fingerprint density at radius 1 is 1.52 bits per heavy atom. The quantitative estimate of drug-likeness (QED) is 0.840. The molecular formula is C15H17N3O2S. The lowest BCUT2D eigenvalue weighted by Gasteiger charge is -2.03. The largest absolute Gasteiger partial charge is 0.395 e. The van der Waals surface area contributed by atoms with Gasteiger partial charge in [0.2, 0.25) is 0 Å². The van der Waals surface area contributed by atoms with Crippen molar-refractivity contribution in [2.75, 3.05) is 6.61 Å². The van der Waals surface area contributed by atoms with Gasteiger partial charge >= 0.3 is 0 Å². The average Bonchev–Trinajstić information content (AvgIpc) is 3.03. The van der Waals surface area contributed by atoms with Crippen LogP contribution in [0.5, 0.6) is 0 Å². The molecular weight excluding hydrogens is 286 g/mol. The molecule has 2 aromatic rings. The van der Waals surface area contributed by atoms with Crippen LogP contribution in [0.2, 0.25) is 0 Å². The van der Waals surface area contributed by atoms with Gasteiger partial charge in [0.25, 0.3) is 5.91 Å².